The van der Waals surface area contributed by atoms with Gasteiger partial charge in [-0.2, -0.15) is 8.78 Å². The molecule has 2 aromatic heterocycles. The van der Waals surface area contributed by atoms with E-state index in [1.54, 1.807) is 12.1 Å². The van der Waals surface area contributed by atoms with Gasteiger partial charge < -0.3 is 14.5 Å². The van der Waals surface area contributed by atoms with Crippen LogP contribution in [0.15, 0.2) is 63.6 Å². The number of nitrogens with one attached hydrogen (secondary N) is 1. The monoisotopic (exact) mass is 446 g/mol. The van der Waals surface area contributed by atoms with Crippen LogP contribution < -0.4 is 10.1 Å². The van der Waals surface area contributed by atoms with Gasteiger partial charge in [0.25, 0.3) is 5.22 Å². The Morgan fingerprint density at radius 1 is 1.10 bits per heavy atom. The fraction of sp³-hybridized carbons (Fsp3) is 0.150. The van der Waals surface area contributed by atoms with Crippen molar-refractivity contribution in [3.05, 3.63) is 65.2 Å². The quantitative estimate of drug-likeness (QED) is 0.326. The minimum Gasteiger partial charge on any atom is -0.435 e. The fourth-order valence-electron chi connectivity index (χ4n) is 2.49. The molecule has 0 radical (unpaired) electrons. The smallest absolute Gasteiger partial charge is 0.387 e. The molecule has 0 unspecified atom stereocenters. The Morgan fingerprint density at radius 3 is 2.60 bits per heavy atom. The lowest BCUT2D eigenvalue weighted by molar-refractivity contribution is -0.0498. The summed E-state index contributed by atoms with van der Waals surface area (Å²) in [6.45, 7) is -0.817. The lowest BCUT2D eigenvalue weighted by Crippen LogP contribution is -2.01. The molecule has 0 aliphatic heterocycles. The first-order valence-corrected chi connectivity index (χ1v) is 10.7. The number of anilines is 2. The Kier molecular flexibility index (Phi) is 6.24. The maximum Gasteiger partial charge on any atom is 0.387 e. The fourth-order valence-corrected chi connectivity index (χ4v) is 3.98. The van der Waals surface area contributed by atoms with Crippen molar-refractivity contribution in [1.82, 2.24) is 15.2 Å². The topological polar surface area (TPSA) is 73.1 Å². The summed E-state index contributed by atoms with van der Waals surface area (Å²) in [6.07, 6.45) is 0. The second kappa shape index (κ2) is 9.23. The molecule has 30 heavy (non-hydrogen) atoms. The highest BCUT2D eigenvalue weighted by Gasteiger charge is 2.12. The van der Waals surface area contributed by atoms with E-state index in [0.29, 0.717) is 22.4 Å². The minimum atomic E-state index is -2.86. The number of halogens is 2. The number of ether oxygens (including phenoxy) is 1. The summed E-state index contributed by atoms with van der Waals surface area (Å²) in [6, 6.07) is 14.1. The van der Waals surface area contributed by atoms with Crippen LogP contribution in [0.25, 0.3) is 11.5 Å². The largest absolute Gasteiger partial charge is 0.435 e. The molecule has 6 nitrogen and oxygen atoms in total. The molecule has 4 rings (SSSR count). The van der Waals surface area contributed by atoms with Gasteiger partial charge in [0.1, 0.15) is 5.75 Å². The van der Waals surface area contributed by atoms with E-state index in [1.807, 2.05) is 36.6 Å². The molecule has 0 spiro atoms. The highest BCUT2D eigenvalue weighted by atomic mass is 32.2. The normalized spacial score (nSPS) is 11.1. The first-order valence-electron chi connectivity index (χ1n) is 8.85. The zero-order chi connectivity index (χ0) is 20.9. The van der Waals surface area contributed by atoms with Gasteiger partial charge in [-0.1, -0.05) is 29.5 Å². The van der Waals surface area contributed by atoms with Crippen molar-refractivity contribution in [2.24, 2.45) is 0 Å². The number of hydrogen-bond acceptors (Lipinski definition) is 8. The molecule has 0 aliphatic rings. The number of alkyl halides is 2. The van der Waals surface area contributed by atoms with Crippen LogP contribution in [-0.4, -0.2) is 21.8 Å². The molecule has 0 aliphatic carbocycles. The van der Waals surface area contributed by atoms with E-state index in [0.717, 1.165) is 16.5 Å². The highest BCUT2D eigenvalue weighted by Crippen LogP contribution is 2.29. The van der Waals surface area contributed by atoms with E-state index in [-0.39, 0.29) is 5.75 Å². The zero-order valence-corrected chi connectivity index (χ0v) is 17.3. The lowest BCUT2D eigenvalue weighted by Gasteiger charge is -2.03. The van der Waals surface area contributed by atoms with Crippen LogP contribution in [0.2, 0.25) is 0 Å². The van der Waals surface area contributed by atoms with E-state index in [1.165, 1.54) is 40.8 Å². The van der Waals surface area contributed by atoms with E-state index in [4.69, 9.17) is 4.42 Å². The minimum absolute atomic E-state index is 0.0708. The second-order valence-electron chi connectivity index (χ2n) is 6.20. The van der Waals surface area contributed by atoms with Crippen molar-refractivity contribution in [3.8, 4) is 17.2 Å². The molecular formula is C20H16F2N4O2S2. The van der Waals surface area contributed by atoms with Crippen molar-refractivity contribution in [2.45, 2.75) is 24.5 Å². The maximum absolute atomic E-state index is 12.2. The van der Waals surface area contributed by atoms with E-state index < -0.39 is 6.61 Å². The van der Waals surface area contributed by atoms with Gasteiger partial charge in [-0.15, -0.1) is 21.5 Å². The third kappa shape index (κ3) is 5.33. The average Bonchev–Trinajstić information content (AvgIpc) is 3.38. The van der Waals surface area contributed by atoms with Crippen LogP contribution in [0, 0.1) is 6.92 Å². The molecule has 0 fully saturated rings. The van der Waals surface area contributed by atoms with Gasteiger partial charge in [-0.25, -0.2) is 4.98 Å². The summed E-state index contributed by atoms with van der Waals surface area (Å²) in [5.41, 5.74) is 3.70. The van der Waals surface area contributed by atoms with Crippen LogP contribution in [0.4, 0.5) is 19.6 Å². The number of benzene rings is 2. The zero-order valence-electron chi connectivity index (χ0n) is 15.7. The number of thioether (sulfide) groups is 1. The Hall–Kier alpha value is -2.98. The first kappa shape index (κ1) is 20.3. The number of thiazole rings is 1. The first-order chi connectivity index (χ1) is 14.5. The number of rotatable bonds is 8. The summed E-state index contributed by atoms with van der Waals surface area (Å²) in [5.74, 6) is 0.956. The Balaban J connectivity index is 1.33. The SMILES string of the molecule is Cc1ccc(Nc2nc(CSc3nnc(-c4ccc(OC(F)F)cc4)o3)cs2)cc1. The molecule has 0 saturated carbocycles. The molecule has 154 valence electrons. The van der Waals surface area contributed by atoms with E-state index in [2.05, 4.69) is 25.2 Å². The predicted octanol–water partition coefficient (Wildman–Crippen LogP) is 6.14. The van der Waals surface area contributed by atoms with E-state index in [9.17, 15) is 8.78 Å². The van der Waals surface area contributed by atoms with Crippen molar-refractivity contribution in [3.63, 3.8) is 0 Å². The Morgan fingerprint density at radius 2 is 1.87 bits per heavy atom. The van der Waals surface area contributed by atoms with Crippen LogP contribution in [0.5, 0.6) is 5.75 Å². The maximum atomic E-state index is 12.2. The number of aromatic nitrogens is 3. The van der Waals surface area contributed by atoms with Gasteiger partial charge in [0.15, 0.2) is 5.13 Å². The van der Waals surface area contributed by atoms with Gasteiger partial charge in [0.2, 0.25) is 5.89 Å². The van der Waals surface area contributed by atoms with Crippen molar-refractivity contribution >= 4 is 33.9 Å². The molecule has 4 aromatic rings. The molecule has 1 N–H and O–H groups in total. The van der Waals surface area contributed by atoms with Gasteiger partial charge >= 0.3 is 6.61 Å². The van der Waals surface area contributed by atoms with Gasteiger partial charge in [0, 0.05) is 22.4 Å². The standard InChI is InChI=1S/C20H16F2N4O2S2/c1-12-2-6-14(7-3-12)23-19-24-15(10-29-19)11-30-20-26-25-17(28-20)13-4-8-16(9-5-13)27-18(21)22/h2-10,18H,11H2,1H3,(H,23,24). The van der Waals surface area contributed by atoms with Crippen molar-refractivity contribution in [2.75, 3.05) is 5.32 Å². The summed E-state index contributed by atoms with van der Waals surface area (Å²) < 4.78 is 34.4. The molecule has 0 bridgehead atoms. The van der Waals surface area contributed by atoms with Gasteiger partial charge in [-0.3, -0.25) is 0 Å². The third-order valence-corrected chi connectivity index (χ3v) is 5.59. The summed E-state index contributed by atoms with van der Waals surface area (Å²) in [7, 11) is 0. The van der Waals surface area contributed by atoms with Gasteiger partial charge in [-0.05, 0) is 43.3 Å². The highest BCUT2D eigenvalue weighted by molar-refractivity contribution is 7.98. The third-order valence-electron chi connectivity index (χ3n) is 3.93. The molecule has 10 heteroatoms. The summed E-state index contributed by atoms with van der Waals surface area (Å²) in [5, 5.41) is 14.5. The van der Waals surface area contributed by atoms with Gasteiger partial charge in [0.05, 0.1) is 5.69 Å². The van der Waals surface area contributed by atoms with E-state index >= 15 is 0 Å². The Labute approximate surface area is 179 Å². The Bertz CT molecular complexity index is 1100. The second-order valence-corrected chi connectivity index (χ2v) is 7.98. The average molecular weight is 447 g/mol. The number of nitrogens with zero attached hydrogens (tertiary/aromatic N) is 3. The summed E-state index contributed by atoms with van der Waals surface area (Å²) >= 11 is 2.90. The van der Waals surface area contributed by atoms with Crippen molar-refractivity contribution < 1.29 is 17.9 Å². The summed E-state index contributed by atoms with van der Waals surface area (Å²) in [4.78, 5) is 4.56. The predicted molar refractivity (Wildman–Crippen MR) is 113 cm³/mol. The van der Waals surface area contributed by atoms with Crippen LogP contribution in [0.3, 0.4) is 0 Å². The molecule has 0 atom stereocenters. The molecular weight excluding hydrogens is 430 g/mol. The van der Waals surface area contributed by atoms with Crippen molar-refractivity contribution in [1.29, 1.82) is 0 Å². The molecule has 2 heterocycles. The number of aryl methyl sites for hydroxylation is 1. The van der Waals surface area contributed by atoms with Crippen LogP contribution >= 0.6 is 23.1 Å². The number of hydrogen-bond donors (Lipinski definition) is 1. The lowest BCUT2D eigenvalue weighted by atomic mass is 10.2. The van der Waals surface area contributed by atoms with Crippen LogP contribution in [0.1, 0.15) is 11.3 Å². The molecule has 0 amide bonds. The molecule has 2 aromatic carbocycles. The van der Waals surface area contributed by atoms with Crippen LogP contribution in [-0.2, 0) is 5.75 Å². The molecule has 0 saturated heterocycles.